The number of carbonyl (C=O) groups is 1. The summed E-state index contributed by atoms with van der Waals surface area (Å²) in [4.78, 5) is 33.3. The summed E-state index contributed by atoms with van der Waals surface area (Å²) in [6.07, 6.45) is 4.83. The van der Waals surface area contributed by atoms with Gasteiger partial charge in [0.1, 0.15) is 11.6 Å². The number of hydrogen-bond acceptors (Lipinski definition) is 9. The average Bonchev–Trinajstić information content (AvgIpc) is 3.40. The van der Waals surface area contributed by atoms with E-state index in [2.05, 4.69) is 30.6 Å². The Morgan fingerprint density at radius 1 is 1.10 bits per heavy atom. The maximum atomic E-state index is 13.6. The van der Waals surface area contributed by atoms with E-state index < -0.39 is 12.2 Å². The Labute approximate surface area is 223 Å². The molecule has 4 heterocycles. The molecule has 0 spiro atoms. The summed E-state index contributed by atoms with van der Waals surface area (Å²) in [7, 11) is 0. The second-order valence-corrected chi connectivity index (χ2v) is 8.91. The Balaban J connectivity index is 1.34. The van der Waals surface area contributed by atoms with Crippen molar-refractivity contribution in [3.8, 4) is 22.6 Å². The van der Waals surface area contributed by atoms with E-state index in [1.54, 1.807) is 36.8 Å². The van der Waals surface area contributed by atoms with Crippen LogP contribution in [0.3, 0.4) is 0 Å². The Kier molecular flexibility index (Phi) is 8.46. The molecule has 5 rings (SSSR count). The highest BCUT2D eigenvalue weighted by Gasteiger charge is 2.28. The summed E-state index contributed by atoms with van der Waals surface area (Å²) >= 11 is 0. The van der Waals surface area contributed by atoms with E-state index >= 15 is 0 Å². The Hall–Kier alpha value is -4.26. The van der Waals surface area contributed by atoms with Gasteiger partial charge in [0.25, 0.3) is 0 Å². The summed E-state index contributed by atoms with van der Waals surface area (Å²) in [5, 5.41) is 14.7. The predicted octanol–water partition coefficient (Wildman–Crippen LogP) is 2.32. The molecule has 39 heavy (non-hydrogen) atoms. The monoisotopic (exact) mass is 533 g/mol. The third-order valence-electron chi connectivity index (χ3n) is 6.06. The van der Waals surface area contributed by atoms with Crippen LogP contribution < -0.4 is 10.6 Å². The first-order chi connectivity index (χ1) is 19.1. The number of pyridine rings is 1. The normalized spacial score (nSPS) is 17.1. The molecular formula is C27H28FN7O4. The number of halogens is 1. The third-order valence-corrected chi connectivity index (χ3v) is 6.06. The number of aliphatic hydroxyl groups excluding tert-OH is 1. The Bertz CT molecular complexity index is 1380. The van der Waals surface area contributed by atoms with Crippen LogP contribution in [0.1, 0.15) is 11.4 Å². The summed E-state index contributed by atoms with van der Waals surface area (Å²) in [6.45, 7) is 0.945. The van der Waals surface area contributed by atoms with Crippen LogP contribution in [0, 0.1) is 11.7 Å². The van der Waals surface area contributed by atoms with Gasteiger partial charge < -0.3 is 30.2 Å². The lowest BCUT2D eigenvalue weighted by atomic mass is 10.1. The summed E-state index contributed by atoms with van der Waals surface area (Å²) in [5.74, 6) is -0.00370. The number of H-pyrrole nitrogens is 1. The molecule has 1 aromatic carbocycles. The first kappa shape index (κ1) is 26.4. The first-order valence-corrected chi connectivity index (χ1v) is 12.5. The zero-order valence-corrected chi connectivity index (χ0v) is 21.0. The highest BCUT2D eigenvalue weighted by molar-refractivity contribution is 5.79. The largest absolute Gasteiger partial charge is 0.395 e. The molecule has 1 fully saturated rings. The summed E-state index contributed by atoms with van der Waals surface area (Å²) < 4.78 is 25.2. The van der Waals surface area contributed by atoms with Crippen molar-refractivity contribution in [2.24, 2.45) is 5.92 Å². The number of aromatic nitrogens is 5. The minimum atomic E-state index is -0.603. The molecule has 1 amide bonds. The molecule has 0 unspecified atom stereocenters. The highest BCUT2D eigenvalue weighted by Crippen LogP contribution is 2.30. The number of imidazole rings is 1. The van der Waals surface area contributed by atoms with Crippen molar-refractivity contribution in [3.63, 3.8) is 0 Å². The van der Waals surface area contributed by atoms with Gasteiger partial charge in [0, 0.05) is 37.2 Å². The minimum Gasteiger partial charge on any atom is -0.395 e. The van der Waals surface area contributed by atoms with Gasteiger partial charge in [0.2, 0.25) is 11.9 Å². The number of nitrogens with one attached hydrogen (secondary N) is 3. The van der Waals surface area contributed by atoms with E-state index in [0.29, 0.717) is 47.4 Å². The lowest BCUT2D eigenvalue weighted by Crippen LogP contribution is -2.43. The number of ether oxygens (including phenoxy) is 2. The molecule has 4 N–H and O–H groups in total. The molecule has 0 atom stereocenters. The number of carbonyl (C=O) groups excluding carboxylic acids is 1. The number of aliphatic hydroxyl groups is 1. The lowest BCUT2D eigenvalue weighted by Gasteiger charge is -2.28. The molecule has 0 aliphatic carbocycles. The van der Waals surface area contributed by atoms with Crippen LogP contribution in [0.2, 0.25) is 0 Å². The van der Waals surface area contributed by atoms with E-state index in [0.717, 1.165) is 5.56 Å². The van der Waals surface area contributed by atoms with Crippen molar-refractivity contribution < 1.29 is 23.8 Å². The maximum absolute atomic E-state index is 13.6. The van der Waals surface area contributed by atoms with Gasteiger partial charge in [-0.25, -0.2) is 19.3 Å². The number of rotatable bonds is 10. The van der Waals surface area contributed by atoms with Gasteiger partial charge in [-0.15, -0.1) is 0 Å². The number of amides is 1. The molecule has 1 saturated heterocycles. The van der Waals surface area contributed by atoms with Crippen LogP contribution in [0.4, 0.5) is 10.3 Å². The van der Waals surface area contributed by atoms with Gasteiger partial charge in [-0.2, -0.15) is 0 Å². The molecule has 1 aliphatic heterocycles. The topological polar surface area (TPSA) is 147 Å². The second-order valence-electron chi connectivity index (χ2n) is 8.91. The van der Waals surface area contributed by atoms with Crippen LogP contribution >= 0.6 is 0 Å². The van der Waals surface area contributed by atoms with Gasteiger partial charge in [0.05, 0.1) is 49.2 Å². The maximum Gasteiger partial charge on any atom is 0.227 e. The third kappa shape index (κ3) is 6.79. The molecule has 0 bridgehead atoms. The quantitative estimate of drug-likeness (QED) is 0.241. The fourth-order valence-corrected chi connectivity index (χ4v) is 4.08. The Morgan fingerprint density at radius 3 is 2.67 bits per heavy atom. The smallest absolute Gasteiger partial charge is 0.227 e. The molecule has 12 heteroatoms. The van der Waals surface area contributed by atoms with Crippen LogP contribution in [-0.4, -0.2) is 68.6 Å². The second kappa shape index (κ2) is 12.5. The van der Waals surface area contributed by atoms with Crippen molar-refractivity contribution in [1.29, 1.82) is 0 Å². The number of aromatic amines is 1. The minimum absolute atomic E-state index is 0.131. The molecule has 4 aromatic rings. The van der Waals surface area contributed by atoms with Crippen molar-refractivity contribution in [2.75, 3.05) is 31.7 Å². The molecule has 1 aliphatic rings. The van der Waals surface area contributed by atoms with Crippen molar-refractivity contribution in [3.05, 3.63) is 78.3 Å². The van der Waals surface area contributed by atoms with Gasteiger partial charge in [-0.1, -0.05) is 6.07 Å². The standard InChI is InChI=1S/C27H28FN7O4/c28-20-5-3-18(4-6-20)24-25(21-7-9-31-27(33-21)32-14-17-2-1-8-29-13-17)35-22(34-24)12-23-38-15-19(16-39-23)26(37)30-10-11-36/h1-9,13,19,23,36H,10-12,14-16H2,(H,30,37)(H,34,35)(H,31,32,33). The van der Waals surface area contributed by atoms with E-state index in [-0.39, 0.29) is 38.1 Å². The van der Waals surface area contributed by atoms with Crippen LogP contribution in [0.15, 0.2) is 61.1 Å². The zero-order chi connectivity index (χ0) is 27.0. The average molecular weight is 534 g/mol. The van der Waals surface area contributed by atoms with E-state index in [9.17, 15) is 9.18 Å². The van der Waals surface area contributed by atoms with Crippen LogP contribution in [0.25, 0.3) is 22.6 Å². The van der Waals surface area contributed by atoms with Crippen molar-refractivity contribution in [1.82, 2.24) is 30.2 Å². The predicted molar refractivity (Wildman–Crippen MR) is 140 cm³/mol. The molecule has 0 saturated carbocycles. The lowest BCUT2D eigenvalue weighted by molar-refractivity contribution is -0.200. The number of hydrogen-bond donors (Lipinski definition) is 4. The van der Waals surface area contributed by atoms with Gasteiger partial charge in [-0.3, -0.25) is 9.78 Å². The zero-order valence-electron chi connectivity index (χ0n) is 21.0. The summed E-state index contributed by atoms with van der Waals surface area (Å²) in [5.41, 5.74) is 3.54. The van der Waals surface area contributed by atoms with Gasteiger partial charge in [0.15, 0.2) is 6.29 Å². The molecule has 11 nitrogen and oxygen atoms in total. The number of anilines is 1. The van der Waals surface area contributed by atoms with Crippen LogP contribution in [0.5, 0.6) is 0 Å². The molecule has 0 radical (unpaired) electrons. The van der Waals surface area contributed by atoms with E-state index in [1.165, 1.54) is 12.1 Å². The fourth-order valence-electron chi connectivity index (χ4n) is 4.08. The highest BCUT2D eigenvalue weighted by atomic mass is 19.1. The molecule has 202 valence electrons. The van der Waals surface area contributed by atoms with Gasteiger partial charge in [-0.05, 0) is 42.0 Å². The fraction of sp³-hybridized carbons (Fsp3) is 0.296. The Morgan fingerprint density at radius 2 is 1.92 bits per heavy atom. The van der Waals surface area contributed by atoms with Gasteiger partial charge >= 0.3 is 0 Å². The van der Waals surface area contributed by atoms with Crippen molar-refractivity contribution >= 4 is 11.9 Å². The number of nitrogens with zero attached hydrogens (tertiary/aromatic N) is 4. The molecule has 3 aromatic heterocycles. The number of benzene rings is 1. The van der Waals surface area contributed by atoms with E-state index in [1.807, 2.05) is 12.1 Å². The van der Waals surface area contributed by atoms with Crippen LogP contribution in [-0.2, 0) is 27.2 Å². The SMILES string of the molecule is O=C(NCCO)C1COC(Cc2nc(-c3ccc(F)cc3)c(-c3ccnc(NCc4cccnc4)n3)[nH]2)OC1. The van der Waals surface area contributed by atoms with E-state index in [4.69, 9.17) is 19.6 Å². The summed E-state index contributed by atoms with van der Waals surface area (Å²) in [6, 6.07) is 11.7. The van der Waals surface area contributed by atoms with Crippen molar-refractivity contribution in [2.45, 2.75) is 19.3 Å². The molecular weight excluding hydrogens is 505 g/mol. The first-order valence-electron chi connectivity index (χ1n) is 12.5.